The van der Waals surface area contributed by atoms with Crippen molar-refractivity contribution in [2.75, 3.05) is 0 Å². The maximum Gasteiger partial charge on any atom is 0.416 e. The number of hydrogen-bond donors (Lipinski definition) is 1. The van der Waals surface area contributed by atoms with Gasteiger partial charge in [0, 0.05) is 0 Å². The highest BCUT2D eigenvalue weighted by molar-refractivity contribution is 5.64. The van der Waals surface area contributed by atoms with Crippen LogP contribution in [0.25, 0.3) is 11.1 Å². The lowest BCUT2D eigenvalue weighted by Crippen LogP contribution is -2.04. The fourth-order valence-electron chi connectivity index (χ4n) is 3.39. The number of halogens is 3. The normalized spacial score (nSPS) is 12.9. The highest BCUT2D eigenvalue weighted by Crippen LogP contribution is 2.31. The summed E-state index contributed by atoms with van der Waals surface area (Å²) in [5, 5.41) is 10.4. The molecule has 0 fully saturated rings. The average Bonchev–Trinajstić information content (AvgIpc) is 2.69. The van der Waals surface area contributed by atoms with E-state index in [4.69, 9.17) is 0 Å². The van der Waals surface area contributed by atoms with E-state index in [1.54, 1.807) is 0 Å². The van der Waals surface area contributed by atoms with Gasteiger partial charge in [-0.3, -0.25) is 0 Å². The van der Waals surface area contributed by atoms with E-state index in [0.717, 1.165) is 48.1 Å². The van der Waals surface area contributed by atoms with Crippen LogP contribution in [0.5, 0.6) is 0 Å². The second-order valence-corrected chi connectivity index (χ2v) is 7.48. The minimum atomic E-state index is -4.32. The molecule has 0 unspecified atom stereocenters. The lowest BCUT2D eigenvalue weighted by Gasteiger charge is -2.12. The van der Waals surface area contributed by atoms with Crippen molar-refractivity contribution in [2.45, 2.75) is 77.0 Å². The Morgan fingerprint density at radius 1 is 0.714 bits per heavy atom. The highest BCUT2D eigenvalue weighted by Gasteiger charge is 2.29. The van der Waals surface area contributed by atoms with Crippen molar-refractivity contribution in [1.82, 2.24) is 0 Å². The summed E-state index contributed by atoms with van der Waals surface area (Å²) >= 11 is 0. The summed E-state index contributed by atoms with van der Waals surface area (Å²) in [6, 6.07) is 12.6. The Bertz CT molecular complexity index is 674. The Kier molecular flexibility index (Phi) is 9.04. The number of hydrogen-bond acceptors (Lipinski definition) is 1. The van der Waals surface area contributed by atoms with Gasteiger partial charge >= 0.3 is 6.18 Å². The van der Waals surface area contributed by atoms with Gasteiger partial charge in [-0.25, -0.2) is 0 Å². The largest absolute Gasteiger partial charge is 0.416 e. The first-order chi connectivity index (χ1) is 13.4. The molecule has 1 nitrogen and oxygen atoms in total. The third kappa shape index (κ3) is 7.31. The van der Waals surface area contributed by atoms with Crippen molar-refractivity contribution in [2.24, 2.45) is 0 Å². The number of unbranched alkanes of at least 4 members (excludes halogenated alkanes) is 7. The van der Waals surface area contributed by atoms with Crippen LogP contribution in [0.4, 0.5) is 13.2 Å². The molecule has 0 radical (unpaired) electrons. The molecule has 0 aliphatic carbocycles. The Morgan fingerprint density at radius 3 is 1.68 bits per heavy atom. The van der Waals surface area contributed by atoms with Crippen LogP contribution in [0.3, 0.4) is 0 Å². The van der Waals surface area contributed by atoms with Gasteiger partial charge in [0.1, 0.15) is 0 Å². The van der Waals surface area contributed by atoms with Gasteiger partial charge in [-0.15, -0.1) is 0 Å². The van der Waals surface area contributed by atoms with Crippen molar-refractivity contribution < 1.29 is 18.3 Å². The van der Waals surface area contributed by atoms with E-state index >= 15 is 0 Å². The Hall–Kier alpha value is -1.81. The summed E-state index contributed by atoms with van der Waals surface area (Å²) < 4.78 is 38.0. The van der Waals surface area contributed by atoms with Gasteiger partial charge in [-0.2, -0.15) is 13.2 Å². The predicted octanol–water partition coefficient (Wildman–Crippen LogP) is 7.94. The minimum Gasteiger partial charge on any atom is -0.388 e. The molecule has 154 valence electrons. The molecule has 2 aromatic rings. The standard InChI is InChI=1S/C24H31F3O/c1-2-3-4-5-6-7-8-9-10-23(28)21-13-11-19(12-14-21)20-15-17-22(18-16-20)24(25,26)27/h11-18,23,28H,2-10H2,1H3/t23-/m0/s1. The Labute approximate surface area is 166 Å². The van der Waals surface area contributed by atoms with Crippen LogP contribution in [0, 0.1) is 0 Å². The molecule has 0 bridgehead atoms. The molecule has 0 saturated heterocycles. The molecule has 1 atom stereocenters. The minimum absolute atomic E-state index is 0.484. The van der Waals surface area contributed by atoms with Crippen LogP contribution >= 0.6 is 0 Å². The molecule has 2 rings (SSSR count). The fourth-order valence-corrected chi connectivity index (χ4v) is 3.39. The van der Waals surface area contributed by atoms with Crippen LogP contribution in [0.1, 0.15) is 81.9 Å². The van der Waals surface area contributed by atoms with Gasteiger partial charge in [0.05, 0.1) is 11.7 Å². The van der Waals surface area contributed by atoms with E-state index in [2.05, 4.69) is 6.92 Å². The van der Waals surface area contributed by atoms with Crippen LogP contribution in [-0.2, 0) is 6.18 Å². The van der Waals surface area contributed by atoms with E-state index in [-0.39, 0.29) is 0 Å². The van der Waals surface area contributed by atoms with Crippen molar-refractivity contribution in [1.29, 1.82) is 0 Å². The third-order valence-corrected chi connectivity index (χ3v) is 5.17. The van der Waals surface area contributed by atoms with Crippen LogP contribution < -0.4 is 0 Å². The van der Waals surface area contributed by atoms with E-state index in [1.165, 1.54) is 50.7 Å². The number of benzene rings is 2. The first-order valence-electron chi connectivity index (χ1n) is 10.4. The zero-order chi connectivity index (χ0) is 20.4. The fraction of sp³-hybridized carbons (Fsp3) is 0.500. The zero-order valence-corrected chi connectivity index (χ0v) is 16.6. The molecular formula is C24H31F3O. The van der Waals surface area contributed by atoms with Crippen molar-refractivity contribution >= 4 is 0 Å². The molecule has 0 saturated carbocycles. The van der Waals surface area contributed by atoms with Crippen molar-refractivity contribution in [3.63, 3.8) is 0 Å². The molecule has 0 aliphatic heterocycles. The Morgan fingerprint density at radius 2 is 1.18 bits per heavy atom. The van der Waals surface area contributed by atoms with Crippen LogP contribution in [0.15, 0.2) is 48.5 Å². The maximum absolute atomic E-state index is 12.7. The van der Waals surface area contributed by atoms with Crippen LogP contribution in [-0.4, -0.2) is 5.11 Å². The van der Waals surface area contributed by atoms with Crippen LogP contribution in [0.2, 0.25) is 0 Å². The first-order valence-corrected chi connectivity index (χ1v) is 10.4. The lowest BCUT2D eigenvalue weighted by molar-refractivity contribution is -0.137. The topological polar surface area (TPSA) is 20.2 Å². The summed E-state index contributed by atoms with van der Waals surface area (Å²) in [5.74, 6) is 0. The van der Waals surface area contributed by atoms with Gasteiger partial charge in [0.15, 0.2) is 0 Å². The number of rotatable bonds is 11. The lowest BCUT2D eigenvalue weighted by atomic mass is 9.98. The molecule has 28 heavy (non-hydrogen) atoms. The van der Waals surface area contributed by atoms with Crippen molar-refractivity contribution in [3.8, 4) is 11.1 Å². The summed E-state index contributed by atoms with van der Waals surface area (Å²) in [7, 11) is 0. The number of alkyl halides is 3. The van der Waals surface area contributed by atoms with E-state index in [0.29, 0.717) is 0 Å². The summed E-state index contributed by atoms with van der Waals surface area (Å²) in [4.78, 5) is 0. The monoisotopic (exact) mass is 392 g/mol. The van der Waals surface area contributed by atoms with E-state index in [1.807, 2.05) is 24.3 Å². The zero-order valence-electron chi connectivity index (χ0n) is 16.6. The molecule has 0 aliphatic rings. The average molecular weight is 393 g/mol. The maximum atomic E-state index is 12.7. The second-order valence-electron chi connectivity index (χ2n) is 7.48. The highest BCUT2D eigenvalue weighted by atomic mass is 19.4. The molecular weight excluding hydrogens is 361 g/mol. The molecule has 2 aromatic carbocycles. The molecule has 0 amide bonds. The van der Waals surface area contributed by atoms with Gasteiger partial charge in [0.25, 0.3) is 0 Å². The molecule has 0 aromatic heterocycles. The summed E-state index contributed by atoms with van der Waals surface area (Å²) in [6.07, 6.45) is 5.82. The number of aliphatic hydroxyl groups excluding tert-OH is 1. The molecule has 4 heteroatoms. The third-order valence-electron chi connectivity index (χ3n) is 5.17. The van der Waals surface area contributed by atoms with Gasteiger partial charge in [0.2, 0.25) is 0 Å². The quantitative estimate of drug-likeness (QED) is 0.385. The summed E-state index contributed by atoms with van der Waals surface area (Å²) in [5.41, 5.74) is 1.79. The SMILES string of the molecule is CCCCCCCCCC[C@H](O)c1ccc(-c2ccc(C(F)(F)F)cc2)cc1. The van der Waals surface area contributed by atoms with E-state index < -0.39 is 17.8 Å². The second kappa shape index (κ2) is 11.3. The van der Waals surface area contributed by atoms with E-state index in [9.17, 15) is 18.3 Å². The summed E-state index contributed by atoms with van der Waals surface area (Å²) in [6.45, 7) is 2.22. The van der Waals surface area contributed by atoms with Gasteiger partial charge in [-0.05, 0) is 35.2 Å². The molecule has 1 N–H and O–H groups in total. The smallest absolute Gasteiger partial charge is 0.388 e. The predicted molar refractivity (Wildman–Crippen MR) is 109 cm³/mol. The first kappa shape index (κ1) is 22.5. The number of aliphatic hydroxyl groups is 1. The van der Waals surface area contributed by atoms with Crippen molar-refractivity contribution in [3.05, 3.63) is 59.7 Å². The molecule has 0 heterocycles. The molecule has 0 spiro atoms. The Balaban J connectivity index is 1.78. The van der Waals surface area contributed by atoms with Gasteiger partial charge < -0.3 is 5.11 Å². The van der Waals surface area contributed by atoms with Gasteiger partial charge in [-0.1, -0.05) is 94.7 Å².